The summed E-state index contributed by atoms with van der Waals surface area (Å²) in [7, 11) is 2.36. The minimum absolute atomic E-state index is 0. The zero-order chi connectivity index (χ0) is 60.7. The number of ether oxygens (including phenoxy) is 7. The van der Waals surface area contributed by atoms with Crippen LogP contribution in [0.15, 0.2) is 91.0 Å². The molecule has 1 saturated heterocycles. The van der Waals surface area contributed by atoms with Gasteiger partial charge in [0, 0.05) is 118 Å². The number of hydrogen-bond acceptors (Lipinski definition) is 20. The fourth-order valence-electron chi connectivity index (χ4n) is 11.1. The molecule has 0 spiro atoms. The van der Waals surface area contributed by atoms with E-state index in [0.717, 1.165) is 45.7 Å². The number of para-hydroxylation sites is 2. The molecule has 5 heterocycles. The van der Waals surface area contributed by atoms with Crippen molar-refractivity contribution in [2.24, 2.45) is 0 Å². The molecule has 461 valence electrons. The molecule has 22 nitrogen and oxygen atoms in total. The van der Waals surface area contributed by atoms with Crippen molar-refractivity contribution in [3.63, 3.8) is 0 Å². The van der Waals surface area contributed by atoms with E-state index >= 15 is 0 Å². The Morgan fingerprint density at radius 3 is 1.95 bits per heavy atom. The third-order valence-electron chi connectivity index (χ3n) is 15.2. The molecule has 5 aliphatic rings. The van der Waals surface area contributed by atoms with Crippen molar-refractivity contribution in [2.45, 2.75) is 81.2 Å². The molecule has 5 aliphatic heterocycles. The zero-order valence-corrected chi connectivity index (χ0v) is 54.2. The molecule has 0 aliphatic carbocycles. The molecular formula is C61H69N6O16S3Y-. The number of carbonyl (C=O) groups is 5. The monoisotopic (exact) mass is 1330 g/mol. The maximum Gasteiger partial charge on any atom is 0.353 e. The summed E-state index contributed by atoms with van der Waals surface area (Å²) >= 11 is 0. The van der Waals surface area contributed by atoms with Crippen molar-refractivity contribution in [1.82, 2.24) is 5.06 Å². The number of anilines is 5. The molecule has 5 aromatic rings. The SMILES string of the molecule is COCCOCCOCCN(CC(C)(C)SSCCC(C(=O)ON1C(=O)CCC1=O)S(=O)(=O)O)c1cc(COc2cc3c(cc2OC)C(=O)N2c4ccccc4C[C@H]2CN3)cc(COc2cc3c(cc2OC)C(=O)N2c4ccccc4C[C@H]2[CH-]N3)c1.[Y]. The van der Waals surface area contributed by atoms with Crippen LogP contribution in [0.25, 0.3) is 0 Å². The van der Waals surface area contributed by atoms with Crippen LogP contribution in [0.1, 0.15) is 76.1 Å². The molecule has 3 atom stereocenters. The second-order valence-electron chi connectivity index (χ2n) is 21.7. The van der Waals surface area contributed by atoms with E-state index < -0.39 is 37.9 Å². The van der Waals surface area contributed by atoms with Gasteiger partial charge in [0.2, 0.25) is 0 Å². The smallest absolute Gasteiger partial charge is 0.353 e. The van der Waals surface area contributed by atoms with Gasteiger partial charge in [-0.3, -0.25) is 23.7 Å². The van der Waals surface area contributed by atoms with Crippen molar-refractivity contribution in [3.05, 3.63) is 131 Å². The van der Waals surface area contributed by atoms with Gasteiger partial charge >= 0.3 is 5.97 Å². The molecule has 0 aromatic heterocycles. The van der Waals surface area contributed by atoms with Gasteiger partial charge in [0.1, 0.15) is 13.2 Å². The average molecular weight is 1330 g/mol. The maximum atomic E-state index is 14.3. The molecular weight excluding hydrogens is 1260 g/mol. The van der Waals surface area contributed by atoms with Gasteiger partial charge in [-0.1, -0.05) is 64.0 Å². The number of carbonyl (C=O) groups excluding carboxylic acids is 5. The van der Waals surface area contributed by atoms with Crippen LogP contribution in [-0.4, -0.2) is 149 Å². The summed E-state index contributed by atoms with van der Waals surface area (Å²) in [6.45, 7) is 9.14. The number of hydrogen-bond donors (Lipinski definition) is 3. The number of nitrogens with zero attached hydrogens (tertiary/aromatic N) is 4. The Balaban J connectivity index is 0.00000902. The molecule has 87 heavy (non-hydrogen) atoms. The number of rotatable bonds is 28. The van der Waals surface area contributed by atoms with Crippen LogP contribution < -0.4 is 44.3 Å². The third kappa shape index (κ3) is 15.3. The van der Waals surface area contributed by atoms with Crippen LogP contribution in [0, 0.1) is 6.54 Å². The van der Waals surface area contributed by atoms with Gasteiger partial charge in [0.05, 0.1) is 70.1 Å². The van der Waals surface area contributed by atoms with Crippen molar-refractivity contribution in [3.8, 4) is 23.0 Å². The first-order chi connectivity index (χ1) is 41.4. The number of hydroxylamine groups is 2. The van der Waals surface area contributed by atoms with Gasteiger partial charge in [0.25, 0.3) is 33.7 Å². The average Bonchev–Trinajstić information content (AvgIpc) is 1.73. The van der Waals surface area contributed by atoms with Crippen molar-refractivity contribution < 1.29 is 108 Å². The minimum atomic E-state index is -4.99. The van der Waals surface area contributed by atoms with Crippen LogP contribution in [-0.2, 0) is 102 Å². The van der Waals surface area contributed by atoms with E-state index in [0.29, 0.717) is 98.0 Å². The van der Waals surface area contributed by atoms with Crippen LogP contribution in [0.5, 0.6) is 23.0 Å². The van der Waals surface area contributed by atoms with Crippen molar-refractivity contribution >= 4 is 89.7 Å². The Labute approximate surface area is 538 Å². The first-order valence-electron chi connectivity index (χ1n) is 28.2. The summed E-state index contributed by atoms with van der Waals surface area (Å²) in [6.07, 6.45) is 0.641. The standard InChI is InChI=1S/C61H69N6O16S3.Y/c1-61(2,85-84-23-16-55(86(73,74)75)60(72)83-67-56(68)14-15-57(67)69)37-64(17-18-79-21-22-80-20-19-76-3)42-25-38(35-81-53-31-47-45(29-51(53)77-4)58(70)65-43(33-62-47)27-40-10-6-8-12-49(40)65)24-39(26-42)36-82-54-32-48-46(30-52(54)78-5)59(71)66-44(34-63-48)28-41-11-7-9-13-50(41)66;/h6-13,24-26,29-33,43-44,55,62-63H,14-23,27-28,34-37H2,1-5H3,(H,73,74,75);/q-1;/t43-,44-,55?;/m0./s1. The van der Waals surface area contributed by atoms with E-state index in [9.17, 15) is 36.9 Å². The van der Waals surface area contributed by atoms with Gasteiger partial charge in [-0.05, 0) is 97.8 Å². The van der Waals surface area contributed by atoms with E-state index in [1.807, 2.05) is 86.0 Å². The van der Waals surface area contributed by atoms with Crippen molar-refractivity contribution in [1.29, 1.82) is 0 Å². The van der Waals surface area contributed by atoms with E-state index in [1.165, 1.54) is 35.8 Å². The second-order valence-corrected chi connectivity index (χ2v) is 26.4. The number of nitrogens with one attached hydrogen (secondary N) is 2. The Morgan fingerprint density at radius 2 is 1.32 bits per heavy atom. The van der Waals surface area contributed by atoms with Gasteiger partial charge in [-0.15, -0.1) is 5.06 Å². The molecule has 1 fully saturated rings. The normalized spacial score (nSPS) is 17.1. The Hall–Kier alpha value is -6.16. The molecule has 26 heteroatoms. The maximum absolute atomic E-state index is 14.3. The molecule has 5 aromatic carbocycles. The molecule has 0 saturated carbocycles. The number of imide groups is 1. The first-order valence-corrected chi connectivity index (χ1v) is 32.0. The largest absolute Gasteiger partial charge is 0.533 e. The molecule has 3 N–H and O–H groups in total. The summed E-state index contributed by atoms with van der Waals surface area (Å²) in [5, 5.41) is 5.10. The Bertz CT molecular complexity index is 3320. The Kier molecular flexibility index (Phi) is 21.8. The molecule has 4 amide bonds. The summed E-state index contributed by atoms with van der Waals surface area (Å²) in [5.74, 6) is -1.73. The van der Waals surface area contributed by atoms with Gasteiger partial charge in [-0.2, -0.15) is 8.42 Å². The quantitative estimate of drug-likeness (QED) is 0.0141. The number of fused-ring (bicyclic) bond motifs is 8. The predicted molar refractivity (Wildman–Crippen MR) is 326 cm³/mol. The number of amides is 4. The van der Waals surface area contributed by atoms with Crippen molar-refractivity contribution in [2.75, 3.05) is 105 Å². The van der Waals surface area contributed by atoms with E-state index in [2.05, 4.69) is 21.6 Å². The summed E-state index contributed by atoms with van der Waals surface area (Å²) in [6, 6.07) is 28.5. The van der Waals surface area contributed by atoms with E-state index in [1.54, 1.807) is 36.3 Å². The van der Waals surface area contributed by atoms with Crippen LogP contribution >= 0.6 is 21.6 Å². The van der Waals surface area contributed by atoms with Gasteiger partial charge < -0.3 is 63.3 Å². The van der Waals surface area contributed by atoms with Crippen LogP contribution in [0.3, 0.4) is 0 Å². The summed E-state index contributed by atoms with van der Waals surface area (Å²) < 4.78 is 76.3. The summed E-state index contributed by atoms with van der Waals surface area (Å²) in [5.41, 5.74) is 8.27. The first kappa shape index (κ1) is 65.3. The Morgan fingerprint density at radius 1 is 0.747 bits per heavy atom. The van der Waals surface area contributed by atoms with Gasteiger partial charge in [-0.25, -0.2) is 11.3 Å². The summed E-state index contributed by atoms with van der Waals surface area (Å²) in [4.78, 5) is 76.6. The van der Waals surface area contributed by atoms with E-state index in [4.69, 9.17) is 38.0 Å². The van der Waals surface area contributed by atoms with E-state index in [-0.39, 0.29) is 107 Å². The van der Waals surface area contributed by atoms with Gasteiger partial charge in [0.15, 0.2) is 28.2 Å². The second kappa shape index (κ2) is 29.0. The number of benzene rings is 5. The molecule has 10 rings (SSSR count). The minimum Gasteiger partial charge on any atom is -0.533 e. The van der Waals surface area contributed by atoms with Crippen LogP contribution in [0.4, 0.5) is 28.4 Å². The zero-order valence-electron chi connectivity index (χ0n) is 48.9. The van der Waals surface area contributed by atoms with Crippen LogP contribution in [0.2, 0.25) is 0 Å². The fourth-order valence-corrected chi connectivity index (χ4v) is 14.5. The fraction of sp³-hybridized carbons (Fsp3) is 0.410. The molecule has 1 unspecified atom stereocenters. The molecule has 1 radical (unpaired) electrons. The topological polar surface area (TPSA) is 251 Å². The predicted octanol–water partition coefficient (Wildman–Crippen LogP) is 7.91. The molecule has 0 bridgehead atoms. The third-order valence-corrected chi connectivity index (χ3v) is 19.6. The number of methoxy groups -OCH3 is 3.